The molecule has 0 saturated heterocycles. The van der Waals surface area contributed by atoms with Crippen LogP contribution >= 0.6 is 0 Å². The van der Waals surface area contributed by atoms with Gasteiger partial charge in [0.05, 0.1) is 18.8 Å². The number of amides is 2. The van der Waals surface area contributed by atoms with E-state index in [0.717, 1.165) is 5.56 Å². The monoisotopic (exact) mass is 292 g/mol. The average molecular weight is 292 g/mol. The van der Waals surface area contributed by atoms with Crippen LogP contribution in [0, 0.1) is 6.92 Å². The molecule has 21 heavy (non-hydrogen) atoms. The molecule has 0 aliphatic heterocycles. The number of aromatic carboxylic acids is 1. The normalized spacial score (nSPS) is 11.9. The Hall–Kier alpha value is -2.77. The molecule has 4 N–H and O–H groups in total. The van der Waals surface area contributed by atoms with E-state index in [1.54, 1.807) is 19.3 Å². The maximum Gasteiger partial charge on any atom is 0.339 e. The van der Waals surface area contributed by atoms with E-state index in [2.05, 4.69) is 20.8 Å². The SMILES string of the molecule is Cc1oc(CNC(=O)NC(C)c2cn[nH]c2)cc1C(=O)O. The van der Waals surface area contributed by atoms with Crippen LogP contribution in [0.1, 0.15) is 40.4 Å². The summed E-state index contributed by atoms with van der Waals surface area (Å²) in [5.74, 6) is -0.358. The first-order valence-corrected chi connectivity index (χ1v) is 6.33. The number of H-pyrrole nitrogens is 1. The quantitative estimate of drug-likeness (QED) is 0.666. The second kappa shape index (κ2) is 6.12. The molecule has 2 heterocycles. The topological polar surface area (TPSA) is 120 Å². The molecular formula is C13H16N4O4. The molecule has 0 fully saturated rings. The van der Waals surface area contributed by atoms with Crippen molar-refractivity contribution in [2.45, 2.75) is 26.4 Å². The number of furan rings is 1. The summed E-state index contributed by atoms with van der Waals surface area (Å²) in [5.41, 5.74) is 0.950. The third kappa shape index (κ3) is 3.62. The Labute approximate surface area is 120 Å². The molecular weight excluding hydrogens is 276 g/mol. The highest BCUT2D eigenvalue weighted by Gasteiger charge is 2.15. The molecule has 1 atom stereocenters. The number of hydrogen-bond donors (Lipinski definition) is 4. The number of carboxylic acids is 1. The third-order valence-electron chi connectivity index (χ3n) is 2.99. The van der Waals surface area contributed by atoms with E-state index in [-0.39, 0.29) is 24.2 Å². The van der Waals surface area contributed by atoms with Crippen molar-refractivity contribution in [1.29, 1.82) is 0 Å². The average Bonchev–Trinajstić information content (AvgIpc) is 3.05. The van der Waals surface area contributed by atoms with Crippen LogP contribution in [0.4, 0.5) is 4.79 Å². The van der Waals surface area contributed by atoms with Gasteiger partial charge in [0.1, 0.15) is 17.1 Å². The number of carbonyl (C=O) groups is 2. The lowest BCUT2D eigenvalue weighted by atomic mass is 10.2. The van der Waals surface area contributed by atoms with Crippen LogP contribution in [0.15, 0.2) is 22.9 Å². The first-order chi connectivity index (χ1) is 9.97. The van der Waals surface area contributed by atoms with E-state index in [0.29, 0.717) is 11.5 Å². The summed E-state index contributed by atoms with van der Waals surface area (Å²) in [6.07, 6.45) is 3.32. The van der Waals surface area contributed by atoms with Crippen LogP contribution in [-0.4, -0.2) is 27.3 Å². The maximum atomic E-state index is 11.7. The number of aromatic nitrogens is 2. The first kappa shape index (κ1) is 14.6. The minimum Gasteiger partial charge on any atom is -0.478 e. The maximum absolute atomic E-state index is 11.7. The number of aryl methyl sites for hydroxylation is 1. The summed E-state index contributed by atoms with van der Waals surface area (Å²) in [5, 5.41) is 20.7. The predicted octanol–water partition coefficient (Wildman–Crippen LogP) is 1.57. The van der Waals surface area contributed by atoms with Crippen LogP contribution in [0.5, 0.6) is 0 Å². The standard InChI is InChI=1S/C13H16N4O4/c1-7(9-4-15-16-5-9)17-13(20)14-6-10-3-11(12(18)19)8(2)21-10/h3-5,7H,6H2,1-2H3,(H,15,16)(H,18,19)(H2,14,17,20). The Bertz CT molecular complexity index is 633. The molecule has 1 unspecified atom stereocenters. The van der Waals surface area contributed by atoms with E-state index in [9.17, 15) is 9.59 Å². The molecule has 8 nitrogen and oxygen atoms in total. The molecule has 0 spiro atoms. The Kier molecular flexibility index (Phi) is 4.27. The molecule has 0 bridgehead atoms. The zero-order valence-corrected chi connectivity index (χ0v) is 11.6. The predicted molar refractivity (Wildman–Crippen MR) is 72.8 cm³/mol. The van der Waals surface area contributed by atoms with Crippen molar-refractivity contribution in [3.05, 3.63) is 41.1 Å². The highest BCUT2D eigenvalue weighted by Crippen LogP contribution is 2.14. The largest absolute Gasteiger partial charge is 0.478 e. The van der Waals surface area contributed by atoms with Gasteiger partial charge in [-0.2, -0.15) is 5.10 Å². The molecule has 0 saturated carbocycles. The van der Waals surface area contributed by atoms with Crippen molar-refractivity contribution in [3.8, 4) is 0 Å². The van der Waals surface area contributed by atoms with Crippen molar-refractivity contribution in [2.75, 3.05) is 0 Å². The number of carbonyl (C=O) groups excluding carboxylic acids is 1. The fraction of sp³-hybridized carbons (Fsp3) is 0.308. The van der Waals surface area contributed by atoms with E-state index in [1.807, 2.05) is 6.92 Å². The van der Waals surface area contributed by atoms with Gasteiger partial charge in [-0.3, -0.25) is 5.10 Å². The number of carboxylic acid groups (broad SMARTS) is 1. The smallest absolute Gasteiger partial charge is 0.339 e. The lowest BCUT2D eigenvalue weighted by Crippen LogP contribution is -2.36. The van der Waals surface area contributed by atoms with Crippen LogP contribution in [0.2, 0.25) is 0 Å². The number of aromatic amines is 1. The van der Waals surface area contributed by atoms with Gasteiger partial charge in [-0.15, -0.1) is 0 Å². The Balaban J connectivity index is 1.86. The second-order valence-corrected chi connectivity index (χ2v) is 4.57. The lowest BCUT2D eigenvalue weighted by molar-refractivity contribution is 0.0695. The van der Waals surface area contributed by atoms with Crippen LogP contribution in [0.3, 0.4) is 0 Å². The van der Waals surface area contributed by atoms with E-state index in [1.165, 1.54) is 6.07 Å². The van der Waals surface area contributed by atoms with E-state index < -0.39 is 5.97 Å². The van der Waals surface area contributed by atoms with Crippen LogP contribution < -0.4 is 10.6 Å². The van der Waals surface area contributed by atoms with E-state index >= 15 is 0 Å². The van der Waals surface area contributed by atoms with Crippen LogP contribution in [0.25, 0.3) is 0 Å². The molecule has 2 amide bonds. The zero-order valence-electron chi connectivity index (χ0n) is 11.6. The van der Waals surface area contributed by atoms with Crippen molar-refractivity contribution in [3.63, 3.8) is 0 Å². The van der Waals surface area contributed by atoms with Gasteiger partial charge in [0.2, 0.25) is 0 Å². The van der Waals surface area contributed by atoms with Crippen molar-refractivity contribution in [1.82, 2.24) is 20.8 Å². The molecule has 0 aliphatic carbocycles. The third-order valence-corrected chi connectivity index (χ3v) is 2.99. The highest BCUT2D eigenvalue weighted by atomic mass is 16.4. The molecule has 2 aromatic heterocycles. The molecule has 0 aliphatic rings. The van der Waals surface area contributed by atoms with Crippen molar-refractivity contribution in [2.24, 2.45) is 0 Å². The number of hydrogen-bond acceptors (Lipinski definition) is 4. The molecule has 2 rings (SSSR count). The summed E-state index contributed by atoms with van der Waals surface area (Å²) in [6.45, 7) is 3.50. The van der Waals surface area contributed by atoms with Gasteiger partial charge in [0.25, 0.3) is 0 Å². The minimum absolute atomic E-state index is 0.0963. The van der Waals surface area contributed by atoms with Crippen molar-refractivity contribution >= 4 is 12.0 Å². The number of nitrogens with zero attached hydrogens (tertiary/aromatic N) is 1. The first-order valence-electron chi connectivity index (χ1n) is 6.33. The molecule has 8 heteroatoms. The lowest BCUT2D eigenvalue weighted by Gasteiger charge is -2.12. The minimum atomic E-state index is -1.06. The summed E-state index contributed by atoms with van der Waals surface area (Å²) in [7, 11) is 0. The molecule has 0 radical (unpaired) electrons. The number of nitrogens with one attached hydrogen (secondary N) is 3. The second-order valence-electron chi connectivity index (χ2n) is 4.57. The molecule has 0 aromatic carbocycles. The zero-order chi connectivity index (χ0) is 15.4. The highest BCUT2D eigenvalue weighted by molar-refractivity contribution is 5.88. The summed E-state index contributed by atoms with van der Waals surface area (Å²) in [4.78, 5) is 22.6. The van der Waals surface area contributed by atoms with Gasteiger partial charge in [-0.25, -0.2) is 9.59 Å². The van der Waals surface area contributed by atoms with Crippen molar-refractivity contribution < 1.29 is 19.1 Å². The number of urea groups is 1. The van der Waals surface area contributed by atoms with Gasteiger partial charge < -0.3 is 20.2 Å². The van der Waals surface area contributed by atoms with E-state index in [4.69, 9.17) is 9.52 Å². The van der Waals surface area contributed by atoms with Gasteiger partial charge in [0.15, 0.2) is 0 Å². The Morgan fingerprint density at radius 2 is 2.29 bits per heavy atom. The van der Waals surface area contributed by atoms with Gasteiger partial charge >= 0.3 is 12.0 Å². The van der Waals surface area contributed by atoms with Crippen LogP contribution in [-0.2, 0) is 6.54 Å². The number of rotatable bonds is 5. The Morgan fingerprint density at radius 1 is 1.52 bits per heavy atom. The summed E-state index contributed by atoms with van der Waals surface area (Å²) in [6, 6.07) is 0.823. The van der Waals surface area contributed by atoms with Gasteiger partial charge in [-0.05, 0) is 19.9 Å². The summed E-state index contributed by atoms with van der Waals surface area (Å²) >= 11 is 0. The molecule has 2 aromatic rings. The molecule has 112 valence electrons. The van der Waals surface area contributed by atoms with Gasteiger partial charge in [-0.1, -0.05) is 0 Å². The Morgan fingerprint density at radius 3 is 2.86 bits per heavy atom. The fourth-order valence-electron chi connectivity index (χ4n) is 1.84. The van der Waals surface area contributed by atoms with Gasteiger partial charge in [0, 0.05) is 11.8 Å². The summed E-state index contributed by atoms with van der Waals surface area (Å²) < 4.78 is 5.27. The fourth-order valence-corrected chi connectivity index (χ4v) is 1.84.